The molecule has 0 aromatic carbocycles. The number of hydrogen-bond acceptors (Lipinski definition) is 1. The number of halogens is 3. The van der Waals surface area contributed by atoms with Crippen molar-refractivity contribution in [2.75, 3.05) is 0 Å². The summed E-state index contributed by atoms with van der Waals surface area (Å²) in [5, 5.41) is 1.88. The predicted molar refractivity (Wildman–Crippen MR) is 55.6 cm³/mol. The van der Waals surface area contributed by atoms with Gasteiger partial charge in [-0.25, -0.2) is 0 Å². The minimum atomic E-state index is -4.83. The molecule has 0 aromatic rings. The molecule has 16 heavy (non-hydrogen) atoms. The zero-order valence-corrected chi connectivity index (χ0v) is 9.45. The first-order valence-electron chi connectivity index (χ1n) is 5.21. The molecule has 0 aromatic heterocycles. The number of carbonyl (C=O) groups excluding carboxylic acids is 1. The smallest absolute Gasteiger partial charge is 0.335 e. The molecule has 0 fully saturated rings. The van der Waals surface area contributed by atoms with E-state index in [1.807, 2.05) is 12.2 Å². The van der Waals surface area contributed by atoms with E-state index in [2.05, 4.69) is 11.8 Å². The molecule has 0 rings (SSSR count). The minimum Gasteiger partial charge on any atom is -0.335 e. The average molecular weight is 235 g/mol. The summed E-state index contributed by atoms with van der Waals surface area (Å²) in [5.41, 5.74) is 0. The minimum absolute atomic E-state index is 0.455. The van der Waals surface area contributed by atoms with E-state index in [9.17, 15) is 18.0 Å². The molecule has 0 aliphatic rings. The molecule has 0 spiro atoms. The first-order valence-corrected chi connectivity index (χ1v) is 5.21. The van der Waals surface area contributed by atoms with Crippen molar-refractivity contribution in [3.63, 3.8) is 0 Å². The molecule has 0 radical (unpaired) electrons. The Morgan fingerprint density at radius 3 is 2.44 bits per heavy atom. The highest BCUT2D eigenvalue weighted by molar-refractivity contribution is 5.82. The van der Waals surface area contributed by atoms with Gasteiger partial charge in [0.1, 0.15) is 0 Å². The Bertz CT molecular complexity index is 275. The van der Waals surface area contributed by atoms with Gasteiger partial charge >= 0.3 is 12.1 Å². The molecule has 0 aliphatic carbocycles. The Labute approximate surface area is 93.6 Å². The fourth-order valence-corrected chi connectivity index (χ4v) is 1.19. The quantitative estimate of drug-likeness (QED) is 0.576. The molecule has 1 N–H and O–H groups in total. The summed E-state index contributed by atoms with van der Waals surface area (Å²) in [5.74, 6) is 3.16. The normalized spacial score (nSPS) is 12.6. The lowest BCUT2D eigenvalue weighted by molar-refractivity contribution is -0.174. The van der Waals surface area contributed by atoms with Gasteiger partial charge < -0.3 is 5.32 Å². The van der Waals surface area contributed by atoms with Crippen LogP contribution in [0.15, 0.2) is 0 Å². The lowest BCUT2D eigenvalue weighted by Gasteiger charge is -2.14. The van der Waals surface area contributed by atoms with Gasteiger partial charge in [-0.3, -0.25) is 4.79 Å². The van der Waals surface area contributed by atoms with Gasteiger partial charge in [0.15, 0.2) is 0 Å². The van der Waals surface area contributed by atoms with E-state index in [1.54, 1.807) is 0 Å². The lowest BCUT2D eigenvalue weighted by atomic mass is 10.1. The van der Waals surface area contributed by atoms with Crippen molar-refractivity contribution >= 4 is 5.91 Å². The van der Waals surface area contributed by atoms with Crippen molar-refractivity contribution in [1.29, 1.82) is 0 Å². The fourth-order valence-electron chi connectivity index (χ4n) is 1.19. The molecule has 0 saturated heterocycles. The van der Waals surface area contributed by atoms with Crippen LogP contribution in [0.5, 0.6) is 0 Å². The zero-order chi connectivity index (χ0) is 12.6. The molecule has 5 heteroatoms. The van der Waals surface area contributed by atoms with Crippen molar-refractivity contribution in [1.82, 2.24) is 5.32 Å². The number of hydrogen-bond donors (Lipinski definition) is 1. The van der Waals surface area contributed by atoms with Crippen molar-refractivity contribution in [2.24, 2.45) is 0 Å². The van der Waals surface area contributed by atoms with Gasteiger partial charge in [0, 0.05) is 0 Å². The summed E-state index contributed by atoms with van der Waals surface area (Å²) in [6.07, 6.45) is -1.73. The van der Waals surface area contributed by atoms with Crippen LogP contribution in [0.3, 0.4) is 0 Å². The topological polar surface area (TPSA) is 29.1 Å². The highest BCUT2D eigenvalue weighted by Crippen LogP contribution is 2.15. The average Bonchev–Trinajstić information content (AvgIpc) is 2.16. The Balaban J connectivity index is 4.21. The van der Waals surface area contributed by atoms with Crippen LogP contribution in [-0.4, -0.2) is 18.1 Å². The second kappa shape index (κ2) is 7.15. The summed E-state index contributed by atoms with van der Waals surface area (Å²) in [6, 6.07) is -0.703. The summed E-state index contributed by atoms with van der Waals surface area (Å²) >= 11 is 0. The van der Waals surface area contributed by atoms with Crippen LogP contribution in [0, 0.1) is 11.8 Å². The molecule has 92 valence electrons. The van der Waals surface area contributed by atoms with Crippen LogP contribution < -0.4 is 5.32 Å². The van der Waals surface area contributed by atoms with Crippen LogP contribution in [0.25, 0.3) is 0 Å². The maximum Gasteiger partial charge on any atom is 0.471 e. The Hall–Kier alpha value is -1.18. The standard InChI is InChI=1S/C11H16F3NO/c1-3-5-6-8-9(7-4-2)15-10(16)11(12,13)14/h9H,3,5-6,8H2,1-2H3,(H,15,16)/t9-/m1/s1. The van der Waals surface area contributed by atoms with Crippen molar-refractivity contribution < 1.29 is 18.0 Å². The number of alkyl halides is 3. The molecule has 0 aliphatic heterocycles. The van der Waals surface area contributed by atoms with Gasteiger partial charge in [0.2, 0.25) is 0 Å². The Kier molecular flexibility index (Phi) is 6.63. The summed E-state index contributed by atoms with van der Waals surface area (Å²) < 4.78 is 35.9. The SMILES string of the molecule is CC#C[C@H](CCCCC)NC(=O)C(F)(F)F. The van der Waals surface area contributed by atoms with E-state index in [1.165, 1.54) is 6.92 Å². The lowest BCUT2D eigenvalue weighted by Crippen LogP contribution is -2.42. The van der Waals surface area contributed by atoms with E-state index < -0.39 is 18.1 Å². The van der Waals surface area contributed by atoms with Crippen LogP contribution in [0.4, 0.5) is 13.2 Å². The van der Waals surface area contributed by atoms with Gasteiger partial charge in [-0.05, 0) is 13.3 Å². The predicted octanol–water partition coefficient (Wildman–Crippen LogP) is 2.64. The molecule has 0 unspecified atom stereocenters. The maximum absolute atomic E-state index is 12.0. The van der Waals surface area contributed by atoms with Crippen LogP contribution in [-0.2, 0) is 4.79 Å². The van der Waals surface area contributed by atoms with E-state index in [0.717, 1.165) is 19.3 Å². The van der Waals surface area contributed by atoms with E-state index in [0.29, 0.717) is 6.42 Å². The number of rotatable bonds is 5. The first-order chi connectivity index (χ1) is 7.41. The largest absolute Gasteiger partial charge is 0.471 e. The molecule has 0 heterocycles. The third-order valence-electron chi connectivity index (χ3n) is 1.98. The fraction of sp³-hybridized carbons (Fsp3) is 0.727. The number of amides is 1. The van der Waals surface area contributed by atoms with E-state index >= 15 is 0 Å². The van der Waals surface area contributed by atoms with Gasteiger partial charge in [0.05, 0.1) is 6.04 Å². The van der Waals surface area contributed by atoms with Crippen molar-refractivity contribution in [2.45, 2.75) is 51.7 Å². The van der Waals surface area contributed by atoms with Gasteiger partial charge in [0.25, 0.3) is 0 Å². The number of unbranched alkanes of at least 4 members (excludes halogenated alkanes) is 2. The second-order valence-electron chi connectivity index (χ2n) is 3.41. The van der Waals surface area contributed by atoms with Crippen molar-refractivity contribution in [3.8, 4) is 11.8 Å². The van der Waals surface area contributed by atoms with Gasteiger partial charge in [-0.15, -0.1) is 5.92 Å². The summed E-state index contributed by atoms with van der Waals surface area (Å²) in [4.78, 5) is 10.7. The monoisotopic (exact) mass is 235 g/mol. The molecule has 1 atom stereocenters. The number of carbonyl (C=O) groups is 1. The van der Waals surface area contributed by atoms with Crippen LogP contribution in [0.2, 0.25) is 0 Å². The molecule has 1 amide bonds. The Morgan fingerprint density at radius 1 is 1.38 bits per heavy atom. The third-order valence-corrected chi connectivity index (χ3v) is 1.98. The van der Waals surface area contributed by atoms with E-state index in [-0.39, 0.29) is 0 Å². The highest BCUT2D eigenvalue weighted by Gasteiger charge is 2.39. The van der Waals surface area contributed by atoms with E-state index in [4.69, 9.17) is 0 Å². The van der Waals surface area contributed by atoms with Gasteiger partial charge in [-0.1, -0.05) is 32.1 Å². The molecular weight excluding hydrogens is 219 g/mol. The molecule has 0 saturated carbocycles. The summed E-state index contributed by atoms with van der Waals surface area (Å²) in [7, 11) is 0. The molecular formula is C11H16F3NO. The summed E-state index contributed by atoms with van der Waals surface area (Å²) in [6.45, 7) is 3.53. The van der Waals surface area contributed by atoms with Gasteiger partial charge in [-0.2, -0.15) is 13.2 Å². The maximum atomic E-state index is 12.0. The van der Waals surface area contributed by atoms with Crippen molar-refractivity contribution in [3.05, 3.63) is 0 Å². The second-order valence-corrected chi connectivity index (χ2v) is 3.41. The van der Waals surface area contributed by atoms with Crippen LogP contribution >= 0.6 is 0 Å². The van der Waals surface area contributed by atoms with Crippen LogP contribution in [0.1, 0.15) is 39.5 Å². The molecule has 2 nitrogen and oxygen atoms in total. The molecule has 0 bridgehead atoms. The zero-order valence-electron chi connectivity index (χ0n) is 9.45. The first kappa shape index (κ1) is 14.8. The Morgan fingerprint density at radius 2 is 2.00 bits per heavy atom. The highest BCUT2D eigenvalue weighted by atomic mass is 19.4. The third kappa shape index (κ3) is 6.33. The number of nitrogens with one attached hydrogen (secondary N) is 1.